The molecule has 1 aromatic heterocycles. The lowest BCUT2D eigenvalue weighted by Gasteiger charge is -2.07. The Balaban J connectivity index is 2.20. The standard InChI is InChI=1S/C16H15N3O/c1-12-6-7-15(10-13(12)4-2-8-17)19-16(20)14-5-3-9-18-11-14/h3,5-7,9-11H,8,17H2,1H3,(H,19,20). The van der Waals surface area contributed by atoms with Crippen LogP contribution in [0.1, 0.15) is 21.5 Å². The zero-order valence-electron chi connectivity index (χ0n) is 11.2. The molecule has 4 heteroatoms. The third kappa shape index (κ3) is 3.44. The molecule has 2 rings (SSSR count). The quantitative estimate of drug-likeness (QED) is 0.815. The smallest absolute Gasteiger partial charge is 0.257 e. The highest BCUT2D eigenvalue weighted by molar-refractivity contribution is 6.04. The summed E-state index contributed by atoms with van der Waals surface area (Å²) in [4.78, 5) is 15.9. The molecule has 0 aliphatic rings. The number of rotatable bonds is 2. The van der Waals surface area contributed by atoms with E-state index in [9.17, 15) is 4.79 Å². The summed E-state index contributed by atoms with van der Waals surface area (Å²) in [6, 6.07) is 9.04. The van der Waals surface area contributed by atoms with E-state index in [-0.39, 0.29) is 5.91 Å². The Morgan fingerprint density at radius 2 is 2.25 bits per heavy atom. The molecule has 0 saturated heterocycles. The van der Waals surface area contributed by atoms with Gasteiger partial charge in [-0.3, -0.25) is 9.78 Å². The monoisotopic (exact) mass is 265 g/mol. The molecule has 100 valence electrons. The molecule has 1 heterocycles. The fraction of sp³-hybridized carbons (Fsp3) is 0.125. The van der Waals surface area contributed by atoms with Gasteiger partial charge in [0.05, 0.1) is 12.1 Å². The number of nitrogens with two attached hydrogens (primary N) is 1. The van der Waals surface area contributed by atoms with E-state index in [0.717, 1.165) is 11.1 Å². The number of hydrogen-bond acceptors (Lipinski definition) is 3. The Morgan fingerprint density at radius 3 is 2.95 bits per heavy atom. The van der Waals surface area contributed by atoms with Crippen molar-refractivity contribution in [3.05, 3.63) is 59.4 Å². The molecule has 0 atom stereocenters. The van der Waals surface area contributed by atoms with E-state index in [1.807, 2.05) is 25.1 Å². The largest absolute Gasteiger partial charge is 0.322 e. The predicted octanol–water partition coefficient (Wildman–Crippen LogP) is 1.95. The van der Waals surface area contributed by atoms with Crippen molar-refractivity contribution in [2.45, 2.75) is 6.92 Å². The van der Waals surface area contributed by atoms with Crippen molar-refractivity contribution in [1.82, 2.24) is 4.98 Å². The van der Waals surface area contributed by atoms with Gasteiger partial charge in [-0.1, -0.05) is 17.9 Å². The van der Waals surface area contributed by atoms with Crippen LogP contribution in [0.4, 0.5) is 5.69 Å². The van der Waals surface area contributed by atoms with E-state index in [2.05, 4.69) is 22.1 Å². The summed E-state index contributed by atoms with van der Waals surface area (Å²) in [6.45, 7) is 2.28. The normalized spacial score (nSPS) is 9.50. The van der Waals surface area contributed by atoms with Gasteiger partial charge in [-0.05, 0) is 36.8 Å². The average Bonchev–Trinajstić information content (AvgIpc) is 2.48. The topological polar surface area (TPSA) is 68.0 Å². The minimum atomic E-state index is -0.195. The summed E-state index contributed by atoms with van der Waals surface area (Å²) in [7, 11) is 0. The molecule has 0 radical (unpaired) electrons. The van der Waals surface area contributed by atoms with Crippen LogP contribution in [-0.4, -0.2) is 17.4 Å². The Hall–Kier alpha value is -2.64. The zero-order valence-corrected chi connectivity index (χ0v) is 11.2. The van der Waals surface area contributed by atoms with Crippen LogP contribution in [0, 0.1) is 18.8 Å². The highest BCUT2D eigenvalue weighted by atomic mass is 16.1. The molecule has 20 heavy (non-hydrogen) atoms. The number of carbonyl (C=O) groups excluding carboxylic acids is 1. The SMILES string of the molecule is Cc1ccc(NC(=O)c2cccnc2)cc1C#CCN. The maximum Gasteiger partial charge on any atom is 0.257 e. The number of anilines is 1. The van der Waals surface area contributed by atoms with Crippen LogP contribution in [0.15, 0.2) is 42.7 Å². The zero-order chi connectivity index (χ0) is 14.4. The van der Waals surface area contributed by atoms with E-state index >= 15 is 0 Å². The van der Waals surface area contributed by atoms with E-state index in [1.54, 1.807) is 18.3 Å². The van der Waals surface area contributed by atoms with Crippen molar-refractivity contribution in [3.63, 3.8) is 0 Å². The molecule has 0 bridgehead atoms. The Labute approximate surface area is 118 Å². The summed E-state index contributed by atoms with van der Waals surface area (Å²) in [5.41, 5.74) is 8.49. The van der Waals surface area contributed by atoms with Crippen molar-refractivity contribution in [3.8, 4) is 11.8 Å². The number of nitrogens with one attached hydrogen (secondary N) is 1. The molecule has 0 saturated carbocycles. The van der Waals surface area contributed by atoms with Gasteiger partial charge in [0.25, 0.3) is 5.91 Å². The molecule has 0 aliphatic heterocycles. The number of aromatic nitrogens is 1. The van der Waals surface area contributed by atoms with Crippen LogP contribution in [0.5, 0.6) is 0 Å². The second-order valence-corrected chi connectivity index (χ2v) is 4.23. The van der Waals surface area contributed by atoms with E-state index < -0.39 is 0 Å². The van der Waals surface area contributed by atoms with Crippen molar-refractivity contribution in [2.75, 3.05) is 11.9 Å². The van der Waals surface area contributed by atoms with Gasteiger partial charge >= 0.3 is 0 Å². The molecule has 0 fully saturated rings. The molecule has 4 nitrogen and oxygen atoms in total. The molecular weight excluding hydrogens is 250 g/mol. The van der Waals surface area contributed by atoms with Crippen molar-refractivity contribution >= 4 is 11.6 Å². The van der Waals surface area contributed by atoms with Crippen LogP contribution in [0.2, 0.25) is 0 Å². The lowest BCUT2D eigenvalue weighted by molar-refractivity contribution is 0.102. The van der Waals surface area contributed by atoms with E-state index in [4.69, 9.17) is 5.73 Å². The molecule has 3 N–H and O–H groups in total. The van der Waals surface area contributed by atoms with Gasteiger partial charge in [0.2, 0.25) is 0 Å². The number of nitrogens with zero attached hydrogens (tertiary/aromatic N) is 1. The first-order valence-electron chi connectivity index (χ1n) is 6.21. The van der Waals surface area contributed by atoms with Crippen molar-refractivity contribution in [1.29, 1.82) is 0 Å². The molecule has 0 unspecified atom stereocenters. The minimum Gasteiger partial charge on any atom is -0.322 e. The highest BCUT2D eigenvalue weighted by Gasteiger charge is 2.06. The van der Waals surface area contributed by atoms with E-state index in [0.29, 0.717) is 17.8 Å². The average molecular weight is 265 g/mol. The first-order valence-corrected chi connectivity index (χ1v) is 6.21. The fourth-order valence-electron chi connectivity index (χ4n) is 1.68. The Morgan fingerprint density at radius 1 is 1.40 bits per heavy atom. The fourth-order valence-corrected chi connectivity index (χ4v) is 1.68. The Bertz CT molecular complexity index is 669. The number of benzene rings is 1. The molecule has 0 aliphatic carbocycles. The summed E-state index contributed by atoms with van der Waals surface area (Å²) < 4.78 is 0. The van der Waals surface area contributed by atoms with Gasteiger partial charge in [-0.25, -0.2) is 0 Å². The number of pyridine rings is 1. The number of carbonyl (C=O) groups is 1. The maximum atomic E-state index is 12.0. The van der Waals surface area contributed by atoms with Gasteiger partial charge in [0, 0.05) is 23.6 Å². The van der Waals surface area contributed by atoms with Gasteiger partial charge in [0.15, 0.2) is 0 Å². The summed E-state index contributed by atoms with van der Waals surface area (Å²) >= 11 is 0. The molecule has 1 amide bonds. The lowest BCUT2D eigenvalue weighted by Crippen LogP contribution is -2.12. The second kappa shape index (κ2) is 6.50. The van der Waals surface area contributed by atoms with Crippen molar-refractivity contribution in [2.24, 2.45) is 5.73 Å². The predicted molar refractivity (Wildman–Crippen MR) is 79.3 cm³/mol. The third-order valence-electron chi connectivity index (χ3n) is 2.74. The van der Waals surface area contributed by atoms with Gasteiger partial charge in [0.1, 0.15) is 0 Å². The first-order chi connectivity index (χ1) is 9.70. The first kappa shape index (κ1) is 13.8. The van der Waals surface area contributed by atoms with Crippen LogP contribution in [-0.2, 0) is 0 Å². The molecule has 2 aromatic rings. The molecule has 0 spiro atoms. The number of hydrogen-bond donors (Lipinski definition) is 2. The second-order valence-electron chi connectivity index (χ2n) is 4.23. The maximum absolute atomic E-state index is 12.0. The minimum absolute atomic E-state index is 0.195. The molecular formula is C16H15N3O. The number of amides is 1. The van der Waals surface area contributed by atoms with Crippen LogP contribution >= 0.6 is 0 Å². The van der Waals surface area contributed by atoms with Crippen LogP contribution < -0.4 is 11.1 Å². The summed E-state index contributed by atoms with van der Waals surface area (Å²) in [6.07, 6.45) is 3.15. The van der Waals surface area contributed by atoms with Crippen LogP contribution in [0.25, 0.3) is 0 Å². The third-order valence-corrected chi connectivity index (χ3v) is 2.74. The van der Waals surface area contributed by atoms with Crippen LogP contribution in [0.3, 0.4) is 0 Å². The summed E-state index contributed by atoms with van der Waals surface area (Å²) in [5, 5.41) is 2.82. The molecule has 1 aromatic carbocycles. The van der Waals surface area contributed by atoms with Gasteiger partial charge < -0.3 is 11.1 Å². The summed E-state index contributed by atoms with van der Waals surface area (Å²) in [5.74, 6) is 5.61. The van der Waals surface area contributed by atoms with E-state index in [1.165, 1.54) is 6.20 Å². The van der Waals surface area contributed by atoms with Gasteiger partial charge in [-0.15, -0.1) is 0 Å². The van der Waals surface area contributed by atoms with Crippen molar-refractivity contribution < 1.29 is 4.79 Å². The number of aryl methyl sites for hydroxylation is 1. The highest BCUT2D eigenvalue weighted by Crippen LogP contribution is 2.15. The lowest BCUT2D eigenvalue weighted by atomic mass is 10.1. The van der Waals surface area contributed by atoms with Gasteiger partial charge in [-0.2, -0.15) is 0 Å². The Kier molecular flexibility index (Phi) is 4.48.